The van der Waals surface area contributed by atoms with Gasteiger partial charge in [-0.1, -0.05) is 0 Å². The zero-order chi connectivity index (χ0) is 7.56. The molecule has 0 radical (unpaired) electrons. The van der Waals surface area contributed by atoms with Crippen LogP contribution in [0.5, 0.6) is 0 Å². The second kappa shape index (κ2) is 2.85. The molecule has 0 unspecified atom stereocenters. The molecule has 0 saturated carbocycles. The summed E-state index contributed by atoms with van der Waals surface area (Å²) in [4.78, 5) is 12.0. The van der Waals surface area contributed by atoms with Crippen molar-refractivity contribution in [3.05, 3.63) is 0 Å². The monoisotopic (exact) mass is 145 g/mol. The highest BCUT2D eigenvalue weighted by atomic mass is 16.5. The number of rotatable bonds is 0. The Morgan fingerprint density at radius 2 is 1.80 bits per heavy atom. The summed E-state index contributed by atoms with van der Waals surface area (Å²) in [6.07, 6.45) is 0. The molecule has 10 heavy (non-hydrogen) atoms. The lowest BCUT2D eigenvalue weighted by Crippen LogP contribution is -2.49. The zero-order valence-electron chi connectivity index (χ0n) is 5.66. The Morgan fingerprint density at radius 1 is 1.30 bits per heavy atom. The summed E-state index contributed by atoms with van der Waals surface area (Å²) in [5.74, 6) is 0. The first kappa shape index (κ1) is 7.30. The second-order valence-electron chi connectivity index (χ2n) is 2.28. The van der Waals surface area contributed by atoms with Crippen LogP contribution in [0.1, 0.15) is 0 Å². The van der Waals surface area contributed by atoms with Crippen molar-refractivity contribution in [1.29, 1.82) is 0 Å². The van der Waals surface area contributed by atoms with Crippen molar-refractivity contribution < 1.29 is 10.0 Å². The zero-order valence-corrected chi connectivity index (χ0v) is 5.66. The van der Waals surface area contributed by atoms with Crippen LogP contribution in [-0.2, 0) is 0 Å². The number of hydroxylamine groups is 2. The van der Waals surface area contributed by atoms with E-state index in [1.165, 1.54) is 9.96 Å². The van der Waals surface area contributed by atoms with E-state index in [1.807, 2.05) is 0 Å². The molecule has 0 bridgehead atoms. The number of amides is 2. The number of carbonyl (C=O) groups is 1. The minimum absolute atomic E-state index is 0.409. The number of nitrogens with two attached hydrogens (primary N) is 1. The van der Waals surface area contributed by atoms with Gasteiger partial charge in [0.15, 0.2) is 0 Å². The highest BCUT2D eigenvalue weighted by Gasteiger charge is 2.16. The molecule has 1 heterocycles. The van der Waals surface area contributed by atoms with Gasteiger partial charge in [-0.2, -0.15) is 5.06 Å². The molecule has 1 aliphatic heterocycles. The minimum atomic E-state index is -0.409. The number of primary amides is 1. The van der Waals surface area contributed by atoms with Gasteiger partial charge in [0, 0.05) is 26.2 Å². The van der Waals surface area contributed by atoms with E-state index in [2.05, 4.69) is 0 Å². The smallest absolute Gasteiger partial charge is 0.314 e. The van der Waals surface area contributed by atoms with Gasteiger partial charge in [-0.15, -0.1) is 0 Å². The molecule has 1 fully saturated rings. The number of piperazine rings is 1. The Kier molecular flexibility index (Phi) is 2.08. The van der Waals surface area contributed by atoms with Gasteiger partial charge in [-0.05, 0) is 0 Å². The molecule has 58 valence electrons. The van der Waals surface area contributed by atoms with Crippen LogP contribution >= 0.6 is 0 Å². The van der Waals surface area contributed by atoms with E-state index in [4.69, 9.17) is 10.9 Å². The largest absolute Gasteiger partial charge is 0.351 e. The molecule has 1 saturated heterocycles. The van der Waals surface area contributed by atoms with E-state index < -0.39 is 6.03 Å². The second-order valence-corrected chi connectivity index (χ2v) is 2.28. The third-order valence-corrected chi connectivity index (χ3v) is 1.57. The van der Waals surface area contributed by atoms with E-state index in [0.29, 0.717) is 26.2 Å². The van der Waals surface area contributed by atoms with Crippen LogP contribution in [0.2, 0.25) is 0 Å². The third kappa shape index (κ3) is 1.58. The summed E-state index contributed by atoms with van der Waals surface area (Å²) in [5, 5.41) is 10.0. The van der Waals surface area contributed by atoms with Crippen LogP contribution in [0, 0.1) is 0 Å². The van der Waals surface area contributed by atoms with E-state index in [-0.39, 0.29) is 0 Å². The molecule has 0 aromatic rings. The van der Waals surface area contributed by atoms with Crippen LogP contribution < -0.4 is 5.73 Å². The molecular formula is C5H11N3O2. The summed E-state index contributed by atoms with van der Waals surface area (Å²) in [7, 11) is 0. The van der Waals surface area contributed by atoms with Gasteiger partial charge in [0.25, 0.3) is 0 Å². The molecule has 3 N–H and O–H groups in total. The molecule has 0 aromatic carbocycles. The first-order valence-corrected chi connectivity index (χ1v) is 3.18. The van der Waals surface area contributed by atoms with Crippen LogP contribution in [0.4, 0.5) is 4.79 Å². The van der Waals surface area contributed by atoms with Gasteiger partial charge in [0.2, 0.25) is 0 Å². The summed E-state index contributed by atoms with van der Waals surface area (Å²) >= 11 is 0. The molecule has 5 heteroatoms. The predicted octanol–water partition coefficient (Wildman–Crippen LogP) is -0.928. The van der Waals surface area contributed by atoms with Crippen molar-refractivity contribution in [1.82, 2.24) is 9.96 Å². The topological polar surface area (TPSA) is 69.8 Å². The Bertz CT molecular complexity index is 131. The number of carbonyl (C=O) groups excluding carboxylic acids is 1. The van der Waals surface area contributed by atoms with Crippen molar-refractivity contribution >= 4 is 6.03 Å². The quantitative estimate of drug-likeness (QED) is 0.462. The maximum Gasteiger partial charge on any atom is 0.314 e. The number of nitrogens with zero attached hydrogens (tertiary/aromatic N) is 2. The third-order valence-electron chi connectivity index (χ3n) is 1.57. The van der Waals surface area contributed by atoms with Crippen LogP contribution in [0.3, 0.4) is 0 Å². The van der Waals surface area contributed by atoms with Gasteiger partial charge in [0.05, 0.1) is 0 Å². The highest BCUT2D eigenvalue weighted by Crippen LogP contribution is 1.96. The lowest BCUT2D eigenvalue weighted by molar-refractivity contribution is -0.111. The maximum absolute atomic E-state index is 10.5. The molecule has 0 aliphatic carbocycles. The van der Waals surface area contributed by atoms with Crippen LogP contribution in [-0.4, -0.2) is 47.4 Å². The summed E-state index contributed by atoms with van der Waals surface area (Å²) in [6.45, 7) is 2.02. The first-order chi connectivity index (χ1) is 4.70. The molecular weight excluding hydrogens is 134 g/mol. The fourth-order valence-corrected chi connectivity index (χ4v) is 0.916. The summed E-state index contributed by atoms with van der Waals surface area (Å²) in [6, 6.07) is -0.409. The van der Waals surface area contributed by atoms with Gasteiger partial charge in [-0.25, -0.2) is 4.79 Å². The highest BCUT2D eigenvalue weighted by molar-refractivity contribution is 5.72. The van der Waals surface area contributed by atoms with Crippen LogP contribution in [0.25, 0.3) is 0 Å². The fraction of sp³-hybridized carbons (Fsp3) is 0.800. The Balaban J connectivity index is 2.33. The van der Waals surface area contributed by atoms with E-state index in [1.54, 1.807) is 0 Å². The fourth-order valence-electron chi connectivity index (χ4n) is 0.916. The summed E-state index contributed by atoms with van der Waals surface area (Å²) < 4.78 is 0. The molecule has 0 aromatic heterocycles. The van der Waals surface area contributed by atoms with Crippen molar-refractivity contribution in [2.75, 3.05) is 26.2 Å². The molecule has 0 atom stereocenters. The van der Waals surface area contributed by atoms with Crippen molar-refractivity contribution in [3.8, 4) is 0 Å². The van der Waals surface area contributed by atoms with Crippen LogP contribution in [0.15, 0.2) is 0 Å². The summed E-state index contributed by atoms with van der Waals surface area (Å²) in [5.41, 5.74) is 5.00. The number of urea groups is 1. The minimum Gasteiger partial charge on any atom is -0.351 e. The molecule has 1 rings (SSSR count). The van der Waals surface area contributed by atoms with Gasteiger partial charge in [0.1, 0.15) is 0 Å². The average molecular weight is 145 g/mol. The first-order valence-electron chi connectivity index (χ1n) is 3.18. The van der Waals surface area contributed by atoms with Gasteiger partial charge in [-0.3, -0.25) is 0 Å². The van der Waals surface area contributed by atoms with Crippen molar-refractivity contribution in [2.24, 2.45) is 5.73 Å². The Hall–Kier alpha value is -0.810. The van der Waals surface area contributed by atoms with Crippen molar-refractivity contribution in [2.45, 2.75) is 0 Å². The molecule has 1 aliphatic rings. The normalized spacial score (nSPS) is 21.1. The predicted molar refractivity (Wildman–Crippen MR) is 34.5 cm³/mol. The van der Waals surface area contributed by atoms with E-state index in [0.717, 1.165) is 0 Å². The average Bonchev–Trinajstić information content (AvgIpc) is 1.88. The SMILES string of the molecule is NC(=O)N1CCN(O)CC1. The van der Waals surface area contributed by atoms with Crippen molar-refractivity contribution in [3.63, 3.8) is 0 Å². The molecule has 5 nitrogen and oxygen atoms in total. The maximum atomic E-state index is 10.5. The van der Waals surface area contributed by atoms with E-state index in [9.17, 15) is 4.79 Å². The Labute approximate surface area is 59.0 Å². The van der Waals surface area contributed by atoms with E-state index >= 15 is 0 Å². The lowest BCUT2D eigenvalue weighted by atomic mass is 10.4. The van der Waals surface area contributed by atoms with Gasteiger partial charge < -0.3 is 15.8 Å². The number of hydrogen-bond donors (Lipinski definition) is 2. The van der Waals surface area contributed by atoms with Gasteiger partial charge >= 0.3 is 6.03 Å². The molecule has 0 spiro atoms. The Morgan fingerprint density at radius 3 is 2.20 bits per heavy atom. The number of hydrogen-bond acceptors (Lipinski definition) is 3. The molecule has 2 amide bonds. The standard InChI is InChI=1S/C5H11N3O2/c6-5(9)7-1-3-8(10)4-2-7/h10H,1-4H2,(H2,6,9). The lowest BCUT2D eigenvalue weighted by Gasteiger charge is -2.29.